The van der Waals surface area contributed by atoms with Gasteiger partial charge in [0, 0.05) is 25.7 Å². The number of benzene rings is 1. The summed E-state index contributed by atoms with van der Waals surface area (Å²) in [7, 11) is 0. The smallest absolute Gasteiger partial charge is 0.0234 e. The maximum atomic E-state index is 3.72. The third-order valence-corrected chi connectivity index (χ3v) is 3.91. The maximum absolute atomic E-state index is 3.72. The quantitative estimate of drug-likeness (QED) is 0.834. The average molecular weight is 230 g/mol. The van der Waals surface area contributed by atoms with E-state index in [4.69, 9.17) is 0 Å². The molecule has 1 heterocycles. The van der Waals surface area contributed by atoms with Crippen LogP contribution in [0.1, 0.15) is 24.8 Å². The minimum absolute atomic E-state index is 0.735. The summed E-state index contributed by atoms with van der Waals surface area (Å²) in [5.41, 5.74) is 1.44. The van der Waals surface area contributed by atoms with Crippen LogP contribution in [0.5, 0.6) is 0 Å². The van der Waals surface area contributed by atoms with Crippen LogP contribution < -0.4 is 5.32 Å². The van der Waals surface area contributed by atoms with Crippen LogP contribution >= 0.6 is 0 Å². The maximum Gasteiger partial charge on any atom is 0.0234 e. The predicted molar refractivity (Wildman–Crippen MR) is 70.9 cm³/mol. The topological polar surface area (TPSA) is 15.3 Å². The van der Waals surface area contributed by atoms with Gasteiger partial charge in [0.05, 0.1) is 0 Å². The highest BCUT2D eigenvalue weighted by Crippen LogP contribution is 2.28. The molecule has 92 valence electrons. The molecule has 0 bridgehead atoms. The zero-order chi connectivity index (χ0) is 11.5. The Balaban J connectivity index is 1.43. The van der Waals surface area contributed by atoms with Gasteiger partial charge in [0.1, 0.15) is 0 Å². The lowest BCUT2D eigenvalue weighted by Crippen LogP contribution is -2.33. The first-order valence-electron chi connectivity index (χ1n) is 6.90. The first-order valence-corrected chi connectivity index (χ1v) is 6.90. The van der Waals surface area contributed by atoms with Gasteiger partial charge in [-0.25, -0.2) is 0 Å². The summed E-state index contributed by atoms with van der Waals surface area (Å²) in [6, 6.07) is 11.5. The number of nitrogens with one attached hydrogen (secondary N) is 1. The van der Waals surface area contributed by atoms with Crippen LogP contribution in [0.3, 0.4) is 0 Å². The van der Waals surface area contributed by atoms with Gasteiger partial charge in [0.25, 0.3) is 0 Å². The van der Waals surface area contributed by atoms with E-state index in [2.05, 4.69) is 40.5 Å². The highest BCUT2D eigenvalue weighted by Gasteiger charge is 2.25. The van der Waals surface area contributed by atoms with E-state index in [-0.39, 0.29) is 0 Å². The van der Waals surface area contributed by atoms with Crippen LogP contribution in [0.25, 0.3) is 0 Å². The van der Waals surface area contributed by atoms with Gasteiger partial charge in [-0.05, 0) is 37.3 Å². The van der Waals surface area contributed by atoms with Crippen molar-refractivity contribution in [2.75, 3.05) is 19.6 Å². The van der Waals surface area contributed by atoms with E-state index in [1.807, 2.05) is 0 Å². The van der Waals surface area contributed by atoms with Gasteiger partial charge in [-0.15, -0.1) is 0 Å². The molecule has 1 saturated carbocycles. The Kier molecular flexibility index (Phi) is 3.44. The molecule has 0 unspecified atom stereocenters. The highest BCUT2D eigenvalue weighted by molar-refractivity contribution is 5.14. The summed E-state index contributed by atoms with van der Waals surface area (Å²) in [5.74, 6) is 0.998. The van der Waals surface area contributed by atoms with Crippen molar-refractivity contribution in [3.63, 3.8) is 0 Å². The SMILES string of the molecule is c1ccc(CN2CC[C@@H](NCC3CC3)C2)cc1. The van der Waals surface area contributed by atoms with E-state index in [0.29, 0.717) is 0 Å². The fourth-order valence-electron chi connectivity index (χ4n) is 2.64. The Labute approximate surface area is 104 Å². The molecular formula is C15H22N2. The molecule has 1 aliphatic heterocycles. The zero-order valence-corrected chi connectivity index (χ0v) is 10.4. The van der Waals surface area contributed by atoms with Gasteiger partial charge in [-0.3, -0.25) is 4.90 Å². The molecule has 2 aliphatic rings. The Morgan fingerprint density at radius 2 is 1.94 bits per heavy atom. The van der Waals surface area contributed by atoms with Crippen molar-refractivity contribution in [1.29, 1.82) is 0 Å². The molecule has 0 spiro atoms. The van der Waals surface area contributed by atoms with Crippen LogP contribution in [0.2, 0.25) is 0 Å². The standard InChI is InChI=1S/C15H22N2/c1-2-4-14(5-3-1)11-17-9-8-15(12-17)16-10-13-6-7-13/h1-5,13,15-16H,6-12H2/t15-/m1/s1. The Morgan fingerprint density at radius 1 is 1.12 bits per heavy atom. The van der Waals surface area contributed by atoms with Crippen molar-refractivity contribution in [1.82, 2.24) is 10.2 Å². The van der Waals surface area contributed by atoms with Gasteiger partial charge in [0.2, 0.25) is 0 Å². The van der Waals surface area contributed by atoms with Crippen molar-refractivity contribution in [3.8, 4) is 0 Å². The fourth-order valence-corrected chi connectivity index (χ4v) is 2.64. The minimum Gasteiger partial charge on any atom is -0.312 e. The lowest BCUT2D eigenvalue weighted by Gasteiger charge is -2.16. The molecular weight excluding hydrogens is 208 g/mol. The molecule has 1 aromatic carbocycles. The second kappa shape index (κ2) is 5.19. The number of hydrogen-bond acceptors (Lipinski definition) is 2. The number of hydrogen-bond donors (Lipinski definition) is 1. The van der Waals surface area contributed by atoms with Crippen molar-refractivity contribution in [2.24, 2.45) is 5.92 Å². The van der Waals surface area contributed by atoms with Crippen LogP contribution in [-0.4, -0.2) is 30.6 Å². The summed E-state index contributed by atoms with van der Waals surface area (Å²) in [5, 5.41) is 3.72. The van der Waals surface area contributed by atoms with Gasteiger partial charge >= 0.3 is 0 Å². The lowest BCUT2D eigenvalue weighted by atomic mass is 10.2. The molecule has 1 aliphatic carbocycles. The molecule has 0 amide bonds. The van der Waals surface area contributed by atoms with E-state index in [1.54, 1.807) is 0 Å². The predicted octanol–water partition coefficient (Wildman–Crippen LogP) is 2.26. The summed E-state index contributed by atoms with van der Waals surface area (Å²) >= 11 is 0. The van der Waals surface area contributed by atoms with E-state index >= 15 is 0 Å². The lowest BCUT2D eigenvalue weighted by molar-refractivity contribution is 0.319. The second-order valence-electron chi connectivity index (χ2n) is 5.56. The van der Waals surface area contributed by atoms with Crippen LogP contribution in [0.15, 0.2) is 30.3 Å². The molecule has 0 aromatic heterocycles. The highest BCUT2D eigenvalue weighted by atomic mass is 15.2. The third kappa shape index (κ3) is 3.30. The molecule has 2 heteroatoms. The second-order valence-corrected chi connectivity index (χ2v) is 5.56. The summed E-state index contributed by atoms with van der Waals surface area (Å²) < 4.78 is 0. The Morgan fingerprint density at radius 3 is 2.71 bits per heavy atom. The summed E-state index contributed by atoms with van der Waals surface area (Å²) in [4.78, 5) is 2.57. The van der Waals surface area contributed by atoms with Crippen LogP contribution in [-0.2, 0) is 6.54 Å². The van der Waals surface area contributed by atoms with E-state index < -0.39 is 0 Å². The number of nitrogens with zero attached hydrogens (tertiary/aromatic N) is 1. The van der Waals surface area contributed by atoms with E-state index in [1.165, 1.54) is 44.5 Å². The van der Waals surface area contributed by atoms with Gasteiger partial charge in [0.15, 0.2) is 0 Å². The molecule has 1 aromatic rings. The van der Waals surface area contributed by atoms with Crippen molar-refractivity contribution >= 4 is 0 Å². The largest absolute Gasteiger partial charge is 0.312 e. The van der Waals surface area contributed by atoms with E-state index in [0.717, 1.165) is 18.5 Å². The summed E-state index contributed by atoms with van der Waals surface area (Å²) in [6.45, 7) is 4.84. The molecule has 1 saturated heterocycles. The van der Waals surface area contributed by atoms with Crippen molar-refractivity contribution in [3.05, 3.63) is 35.9 Å². The molecule has 0 radical (unpaired) electrons. The monoisotopic (exact) mass is 230 g/mol. The fraction of sp³-hybridized carbons (Fsp3) is 0.600. The third-order valence-electron chi connectivity index (χ3n) is 3.91. The zero-order valence-electron chi connectivity index (χ0n) is 10.4. The first kappa shape index (κ1) is 11.2. The van der Waals surface area contributed by atoms with Crippen molar-refractivity contribution in [2.45, 2.75) is 31.8 Å². The minimum atomic E-state index is 0.735. The Bertz CT molecular complexity index is 345. The van der Waals surface area contributed by atoms with Gasteiger partial charge in [-0.1, -0.05) is 30.3 Å². The summed E-state index contributed by atoms with van der Waals surface area (Å²) in [6.07, 6.45) is 4.22. The molecule has 17 heavy (non-hydrogen) atoms. The molecule has 1 atom stereocenters. The first-order chi connectivity index (χ1) is 8.40. The van der Waals surface area contributed by atoms with Gasteiger partial charge < -0.3 is 5.32 Å². The Hall–Kier alpha value is -0.860. The van der Waals surface area contributed by atoms with Crippen molar-refractivity contribution < 1.29 is 0 Å². The van der Waals surface area contributed by atoms with Crippen LogP contribution in [0.4, 0.5) is 0 Å². The average Bonchev–Trinajstić information content (AvgIpc) is 3.09. The molecule has 1 N–H and O–H groups in total. The molecule has 2 nitrogen and oxygen atoms in total. The van der Waals surface area contributed by atoms with Crippen LogP contribution in [0, 0.1) is 5.92 Å². The number of rotatable bonds is 5. The number of likely N-dealkylation sites (tertiary alicyclic amines) is 1. The van der Waals surface area contributed by atoms with E-state index in [9.17, 15) is 0 Å². The molecule has 3 rings (SSSR count). The van der Waals surface area contributed by atoms with Gasteiger partial charge in [-0.2, -0.15) is 0 Å². The normalized spacial score (nSPS) is 25.3. The molecule has 2 fully saturated rings.